The summed E-state index contributed by atoms with van der Waals surface area (Å²) in [7, 11) is -1.22. The zero-order valence-electron chi connectivity index (χ0n) is 27.0. The molecule has 2 fully saturated rings. The summed E-state index contributed by atoms with van der Waals surface area (Å²) in [6.45, 7) is 0.998. The van der Waals surface area contributed by atoms with Crippen molar-refractivity contribution in [2.45, 2.75) is 50.0 Å². The lowest BCUT2D eigenvalue weighted by Gasteiger charge is -2.48. The predicted octanol–water partition coefficient (Wildman–Crippen LogP) is 6.06. The minimum absolute atomic E-state index is 0.0727. The van der Waals surface area contributed by atoms with E-state index in [1.807, 2.05) is 28.8 Å². The molecule has 3 aromatic rings. The van der Waals surface area contributed by atoms with Crippen LogP contribution in [0.4, 0.5) is 8.78 Å². The van der Waals surface area contributed by atoms with Crippen LogP contribution in [-0.2, 0) is 21.7 Å². The van der Waals surface area contributed by atoms with Crippen LogP contribution in [-0.4, -0.2) is 90.9 Å². The molecular weight excluding hydrogens is 685 g/mol. The van der Waals surface area contributed by atoms with E-state index in [0.29, 0.717) is 46.5 Å². The first-order chi connectivity index (χ1) is 22.6. The van der Waals surface area contributed by atoms with Gasteiger partial charge in [-0.15, -0.1) is 0 Å². The van der Waals surface area contributed by atoms with Crippen molar-refractivity contribution in [3.8, 4) is 28.1 Å². The van der Waals surface area contributed by atoms with E-state index in [1.165, 1.54) is 6.26 Å². The Bertz CT molecular complexity index is 1760. The Labute approximate surface area is 289 Å². The summed E-state index contributed by atoms with van der Waals surface area (Å²) in [4.78, 5) is 30.3. The van der Waals surface area contributed by atoms with Crippen molar-refractivity contribution in [2.75, 3.05) is 44.8 Å². The molecule has 0 aliphatic carbocycles. The molecule has 3 heterocycles. The molecule has 0 spiro atoms. The number of primary amides is 1. The Morgan fingerprint density at radius 1 is 0.917 bits per heavy atom. The summed E-state index contributed by atoms with van der Waals surface area (Å²) in [6.07, 6.45) is 2.18. The van der Waals surface area contributed by atoms with Gasteiger partial charge in [0, 0.05) is 73.5 Å². The lowest BCUT2D eigenvalue weighted by molar-refractivity contribution is -0.140. The standard InChI is InChI=1S/C34H40Cl2F2N4O5S/c1-40-29(31(43)41-15-11-33(12-16-41,32(39)44)42-17-13-34(37,38)14-18-42)22-27(26-10-7-24(35)21-28(26)36)30(40)23-5-8-25(9-6-23)47-19-3-4-20-48(2,45)46/h5-10,21-22H,3-4,11-20H2,1-2H3,(H2,39,44). The summed E-state index contributed by atoms with van der Waals surface area (Å²) in [6, 6.07) is 14.4. The fourth-order valence-corrected chi connectivity index (χ4v) is 7.90. The molecule has 0 unspecified atom stereocenters. The van der Waals surface area contributed by atoms with Crippen LogP contribution in [0.15, 0.2) is 48.5 Å². The molecule has 48 heavy (non-hydrogen) atoms. The lowest BCUT2D eigenvalue weighted by Crippen LogP contribution is -2.64. The molecule has 2 aromatic carbocycles. The van der Waals surface area contributed by atoms with Gasteiger partial charge >= 0.3 is 0 Å². The number of carbonyl (C=O) groups excluding carboxylic acids is 2. The first-order valence-corrected chi connectivity index (χ1v) is 18.7. The van der Waals surface area contributed by atoms with E-state index in [-0.39, 0.29) is 63.5 Å². The molecule has 1 aromatic heterocycles. The average Bonchev–Trinajstić information content (AvgIpc) is 3.36. The van der Waals surface area contributed by atoms with E-state index in [4.69, 9.17) is 33.7 Å². The van der Waals surface area contributed by atoms with Gasteiger partial charge in [0.25, 0.3) is 11.8 Å². The zero-order chi connectivity index (χ0) is 34.9. The van der Waals surface area contributed by atoms with Gasteiger partial charge < -0.3 is 19.9 Å². The highest BCUT2D eigenvalue weighted by atomic mass is 35.5. The number of nitrogens with two attached hydrogens (primary N) is 1. The molecule has 9 nitrogen and oxygen atoms in total. The maximum atomic E-state index is 14.1. The predicted molar refractivity (Wildman–Crippen MR) is 184 cm³/mol. The van der Waals surface area contributed by atoms with Crippen molar-refractivity contribution in [2.24, 2.45) is 12.8 Å². The fraction of sp³-hybridized carbons (Fsp3) is 0.471. The number of nitrogens with zero attached hydrogens (tertiary/aromatic N) is 3. The second-order valence-corrected chi connectivity index (χ2v) is 15.8. The molecule has 2 saturated heterocycles. The third-order valence-electron chi connectivity index (χ3n) is 9.42. The molecular formula is C34H40Cl2F2N4O5S. The number of piperidine rings is 2. The molecule has 0 bridgehead atoms. The van der Waals surface area contributed by atoms with Crippen molar-refractivity contribution in [3.05, 3.63) is 64.3 Å². The van der Waals surface area contributed by atoms with Crippen LogP contribution in [0.25, 0.3) is 22.4 Å². The molecule has 2 aliphatic rings. The number of amides is 2. The summed E-state index contributed by atoms with van der Waals surface area (Å²) in [5, 5.41) is 0.887. The summed E-state index contributed by atoms with van der Waals surface area (Å²) in [5.74, 6) is -2.81. The Morgan fingerprint density at radius 3 is 2.15 bits per heavy atom. The van der Waals surface area contributed by atoms with E-state index in [2.05, 4.69) is 0 Å². The zero-order valence-corrected chi connectivity index (χ0v) is 29.3. The van der Waals surface area contributed by atoms with Gasteiger partial charge in [-0.1, -0.05) is 29.3 Å². The number of hydrogen-bond acceptors (Lipinski definition) is 6. The second-order valence-electron chi connectivity index (χ2n) is 12.7. The second kappa shape index (κ2) is 14.3. The number of halogens is 4. The third kappa shape index (κ3) is 7.98. The van der Waals surface area contributed by atoms with Gasteiger partial charge in [-0.05, 0) is 73.7 Å². The highest BCUT2D eigenvalue weighted by Crippen LogP contribution is 2.41. The molecule has 0 atom stereocenters. The van der Waals surface area contributed by atoms with Gasteiger partial charge in [0.2, 0.25) is 5.91 Å². The van der Waals surface area contributed by atoms with Gasteiger partial charge in [0.1, 0.15) is 26.8 Å². The quantitative estimate of drug-likeness (QED) is 0.241. The van der Waals surface area contributed by atoms with Crippen LogP contribution in [0.1, 0.15) is 49.0 Å². The van der Waals surface area contributed by atoms with E-state index in [9.17, 15) is 26.8 Å². The number of aromatic nitrogens is 1. The van der Waals surface area contributed by atoms with Crippen LogP contribution in [0.5, 0.6) is 5.75 Å². The van der Waals surface area contributed by atoms with Crippen LogP contribution < -0.4 is 10.5 Å². The number of unbranched alkanes of at least 4 members (excludes halogenated alkanes) is 1. The van der Waals surface area contributed by atoms with Crippen molar-refractivity contribution in [3.63, 3.8) is 0 Å². The molecule has 0 radical (unpaired) electrons. The third-order valence-corrected chi connectivity index (χ3v) is 11.0. The van der Waals surface area contributed by atoms with Crippen molar-refractivity contribution in [1.29, 1.82) is 0 Å². The minimum Gasteiger partial charge on any atom is -0.494 e. The Morgan fingerprint density at radius 2 is 1.56 bits per heavy atom. The highest BCUT2D eigenvalue weighted by Gasteiger charge is 2.49. The number of benzene rings is 2. The van der Waals surface area contributed by atoms with Crippen LogP contribution in [0, 0.1) is 0 Å². The number of rotatable bonds is 11. The van der Waals surface area contributed by atoms with Crippen molar-refractivity contribution >= 4 is 44.9 Å². The number of sulfone groups is 1. The maximum Gasteiger partial charge on any atom is 0.270 e. The lowest BCUT2D eigenvalue weighted by atomic mass is 9.83. The number of alkyl halides is 2. The first kappa shape index (κ1) is 36.1. The topological polar surface area (TPSA) is 115 Å². The molecule has 2 amide bonds. The summed E-state index contributed by atoms with van der Waals surface area (Å²) >= 11 is 12.9. The summed E-state index contributed by atoms with van der Waals surface area (Å²) < 4.78 is 58.1. The molecule has 14 heteroatoms. The van der Waals surface area contributed by atoms with Crippen molar-refractivity contribution < 1.29 is 31.5 Å². The number of carbonyl (C=O) groups is 2. The van der Waals surface area contributed by atoms with Gasteiger partial charge in [0.05, 0.1) is 18.1 Å². The van der Waals surface area contributed by atoms with Gasteiger partial charge in [-0.2, -0.15) is 0 Å². The van der Waals surface area contributed by atoms with E-state index in [0.717, 1.165) is 16.8 Å². The average molecular weight is 726 g/mol. The van der Waals surface area contributed by atoms with Crippen LogP contribution in [0.2, 0.25) is 10.0 Å². The molecule has 0 saturated carbocycles. The van der Waals surface area contributed by atoms with E-state index in [1.54, 1.807) is 41.1 Å². The monoisotopic (exact) mass is 724 g/mol. The normalized spacial score (nSPS) is 18.1. The van der Waals surface area contributed by atoms with Gasteiger partial charge in [-0.25, -0.2) is 17.2 Å². The Balaban J connectivity index is 1.38. The number of likely N-dealkylation sites (tertiary alicyclic amines) is 2. The Hall–Kier alpha value is -3.19. The first-order valence-electron chi connectivity index (χ1n) is 15.9. The molecule has 260 valence electrons. The Kier molecular flexibility index (Phi) is 10.8. The van der Waals surface area contributed by atoms with E-state index >= 15 is 0 Å². The van der Waals surface area contributed by atoms with Gasteiger partial charge in [-0.3, -0.25) is 14.5 Å². The van der Waals surface area contributed by atoms with Crippen LogP contribution >= 0.6 is 23.2 Å². The largest absolute Gasteiger partial charge is 0.494 e. The summed E-state index contributed by atoms with van der Waals surface area (Å²) in [5.41, 5.74) is 8.14. The SMILES string of the molecule is Cn1c(C(=O)N2CCC(C(N)=O)(N3CCC(F)(F)CC3)CC2)cc(-c2ccc(Cl)cc2Cl)c1-c1ccc(OCCCCS(C)(=O)=O)cc1. The molecule has 2 aliphatic heterocycles. The van der Waals surface area contributed by atoms with Crippen LogP contribution in [0.3, 0.4) is 0 Å². The minimum atomic E-state index is -3.02. The highest BCUT2D eigenvalue weighted by molar-refractivity contribution is 7.90. The maximum absolute atomic E-state index is 14.1. The number of ether oxygens (including phenoxy) is 1. The number of hydrogen-bond donors (Lipinski definition) is 1. The molecule has 5 rings (SSSR count). The van der Waals surface area contributed by atoms with Gasteiger partial charge in [0.15, 0.2) is 0 Å². The smallest absolute Gasteiger partial charge is 0.270 e. The fourth-order valence-electron chi connectivity index (χ4n) is 6.66. The van der Waals surface area contributed by atoms with E-state index < -0.39 is 27.2 Å². The molecule has 2 N–H and O–H groups in total. The van der Waals surface area contributed by atoms with Crippen molar-refractivity contribution in [1.82, 2.24) is 14.4 Å².